The average Bonchev–Trinajstić information content (AvgIpc) is 3.26. The van der Waals surface area contributed by atoms with Crippen LogP contribution in [-0.2, 0) is 17.6 Å². The molecule has 0 radical (unpaired) electrons. The van der Waals surface area contributed by atoms with Gasteiger partial charge in [-0.1, -0.05) is 29.8 Å². The van der Waals surface area contributed by atoms with Crippen molar-refractivity contribution in [3.05, 3.63) is 70.2 Å². The first-order valence-electron chi connectivity index (χ1n) is 9.17. The van der Waals surface area contributed by atoms with Crippen molar-refractivity contribution in [2.24, 2.45) is 0 Å². The Labute approximate surface area is 177 Å². The largest absolute Gasteiger partial charge is 0.325 e. The third kappa shape index (κ3) is 4.41. The van der Waals surface area contributed by atoms with Crippen LogP contribution in [0.25, 0.3) is 0 Å². The Morgan fingerprint density at radius 2 is 1.93 bits per heavy atom. The van der Waals surface area contributed by atoms with Crippen molar-refractivity contribution in [2.75, 3.05) is 15.5 Å². The number of nitrogens with one attached hydrogen (secondary N) is 2. The highest BCUT2D eigenvalue weighted by Gasteiger charge is 2.30. The molecule has 0 spiro atoms. The van der Waals surface area contributed by atoms with Gasteiger partial charge in [0, 0.05) is 27.8 Å². The minimum Gasteiger partial charge on any atom is -0.309 e. The van der Waals surface area contributed by atoms with Gasteiger partial charge in [-0.2, -0.15) is 0 Å². The standard InChI is InChI=1S/C21H19ClN4O2S/c1-13-10-14-4-2-3-5-18(14)26(13)19(27)11-17-12-29-21(24-17)25-20(28)23-16-8-6-15(22)7-9-16/h2-9,12-13H,10-11H2,1H3,(H2,23,24,25,28)/t13-/m1/s1. The molecule has 0 saturated heterocycles. The second-order valence-electron chi connectivity index (χ2n) is 6.85. The van der Waals surface area contributed by atoms with Crippen LogP contribution in [0, 0.1) is 0 Å². The number of hydrogen-bond acceptors (Lipinski definition) is 4. The predicted molar refractivity (Wildman–Crippen MR) is 117 cm³/mol. The number of benzene rings is 2. The number of aromatic nitrogens is 1. The summed E-state index contributed by atoms with van der Waals surface area (Å²) in [5, 5.41) is 8.23. The van der Waals surface area contributed by atoms with E-state index in [1.54, 1.807) is 29.6 Å². The zero-order valence-corrected chi connectivity index (χ0v) is 17.3. The molecule has 1 aromatic heterocycles. The van der Waals surface area contributed by atoms with Crippen LogP contribution in [-0.4, -0.2) is 23.0 Å². The lowest BCUT2D eigenvalue weighted by Crippen LogP contribution is -2.36. The molecule has 3 amide bonds. The molecular weight excluding hydrogens is 408 g/mol. The summed E-state index contributed by atoms with van der Waals surface area (Å²) in [4.78, 5) is 31.2. The number of amides is 3. The van der Waals surface area contributed by atoms with E-state index in [2.05, 4.69) is 21.7 Å². The summed E-state index contributed by atoms with van der Waals surface area (Å²) < 4.78 is 0. The van der Waals surface area contributed by atoms with Crippen LogP contribution in [0.15, 0.2) is 53.9 Å². The lowest BCUT2D eigenvalue weighted by molar-refractivity contribution is -0.118. The summed E-state index contributed by atoms with van der Waals surface area (Å²) >= 11 is 7.13. The van der Waals surface area contributed by atoms with Crippen LogP contribution in [0.4, 0.5) is 21.3 Å². The van der Waals surface area contributed by atoms with Gasteiger partial charge in [-0.15, -0.1) is 11.3 Å². The lowest BCUT2D eigenvalue weighted by atomic mass is 10.1. The molecule has 0 fully saturated rings. The Balaban J connectivity index is 1.37. The third-order valence-corrected chi connectivity index (χ3v) is 5.74. The monoisotopic (exact) mass is 426 g/mol. The molecule has 8 heteroatoms. The van der Waals surface area contributed by atoms with Crippen molar-refractivity contribution >= 4 is 51.4 Å². The molecule has 0 aliphatic carbocycles. The first-order valence-corrected chi connectivity index (χ1v) is 10.4. The maximum absolute atomic E-state index is 12.9. The van der Waals surface area contributed by atoms with Crippen LogP contribution in [0.5, 0.6) is 0 Å². The number of nitrogens with zero attached hydrogens (tertiary/aromatic N) is 2. The predicted octanol–water partition coefficient (Wildman–Crippen LogP) is 4.96. The SMILES string of the molecule is C[C@@H]1Cc2ccccc2N1C(=O)Cc1csc(NC(=O)Nc2ccc(Cl)cc2)n1. The van der Waals surface area contributed by atoms with Gasteiger partial charge in [0.2, 0.25) is 5.91 Å². The van der Waals surface area contributed by atoms with Crippen molar-refractivity contribution in [2.45, 2.75) is 25.8 Å². The first-order chi connectivity index (χ1) is 14.0. The molecule has 1 aliphatic heterocycles. The third-order valence-electron chi connectivity index (χ3n) is 4.68. The molecule has 2 N–H and O–H groups in total. The number of fused-ring (bicyclic) bond motifs is 1. The quantitative estimate of drug-likeness (QED) is 0.619. The van der Waals surface area contributed by atoms with E-state index in [0.717, 1.165) is 12.1 Å². The number of carbonyl (C=O) groups is 2. The molecule has 2 aromatic carbocycles. The highest BCUT2D eigenvalue weighted by molar-refractivity contribution is 7.14. The van der Waals surface area contributed by atoms with Gasteiger partial charge in [-0.25, -0.2) is 9.78 Å². The van der Waals surface area contributed by atoms with Crippen molar-refractivity contribution in [1.29, 1.82) is 0 Å². The molecule has 2 heterocycles. The number of thiazole rings is 1. The number of para-hydroxylation sites is 1. The zero-order valence-electron chi connectivity index (χ0n) is 15.7. The highest BCUT2D eigenvalue weighted by atomic mass is 35.5. The van der Waals surface area contributed by atoms with Crippen molar-refractivity contribution in [1.82, 2.24) is 4.98 Å². The minimum absolute atomic E-state index is 0.00455. The smallest absolute Gasteiger partial charge is 0.309 e. The Kier molecular flexibility index (Phi) is 5.51. The maximum atomic E-state index is 12.9. The second kappa shape index (κ2) is 8.23. The number of urea groups is 1. The molecule has 6 nitrogen and oxygen atoms in total. The Morgan fingerprint density at radius 1 is 1.17 bits per heavy atom. The zero-order chi connectivity index (χ0) is 20.4. The Bertz CT molecular complexity index is 1050. The fourth-order valence-electron chi connectivity index (χ4n) is 3.42. The van der Waals surface area contributed by atoms with E-state index in [4.69, 9.17) is 11.6 Å². The molecule has 29 heavy (non-hydrogen) atoms. The summed E-state index contributed by atoms with van der Waals surface area (Å²) in [5.74, 6) is 0.00455. The van der Waals surface area contributed by atoms with Crippen LogP contribution in [0.1, 0.15) is 18.2 Å². The first kappa shape index (κ1) is 19.4. The molecule has 1 aliphatic rings. The molecular formula is C21H19ClN4O2S. The lowest BCUT2D eigenvalue weighted by Gasteiger charge is -2.22. The molecule has 1 atom stereocenters. The van der Waals surface area contributed by atoms with Crippen LogP contribution >= 0.6 is 22.9 Å². The van der Waals surface area contributed by atoms with Gasteiger partial charge >= 0.3 is 6.03 Å². The number of rotatable bonds is 4. The Hall–Kier alpha value is -2.90. The molecule has 3 aromatic rings. The van der Waals surface area contributed by atoms with E-state index in [1.807, 2.05) is 30.0 Å². The number of carbonyl (C=O) groups excluding carboxylic acids is 2. The molecule has 148 valence electrons. The van der Waals surface area contributed by atoms with Gasteiger partial charge in [-0.05, 0) is 49.2 Å². The van der Waals surface area contributed by atoms with Gasteiger partial charge in [0.15, 0.2) is 5.13 Å². The highest BCUT2D eigenvalue weighted by Crippen LogP contribution is 2.32. The molecule has 0 saturated carbocycles. The second-order valence-corrected chi connectivity index (χ2v) is 8.15. The summed E-state index contributed by atoms with van der Waals surface area (Å²) in [5.41, 5.74) is 3.42. The van der Waals surface area contributed by atoms with Gasteiger partial charge in [-0.3, -0.25) is 10.1 Å². The fourth-order valence-corrected chi connectivity index (χ4v) is 4.26. The van der Waals surface area contributed by atoms with E-state index in [1.165, 1.54) is 16.9 Å². The summed E-state index contributed by atoms with van der Waals surface area (Å²) in [6, 6.07) is 14.5. The van der Waals surface area contributed by atoms with E-state index in [0.29, 0.717) is 21.5 Å². The topological polar surface area (TPSA) is 74.3 Å². The van der Waals surface area contributed by atoms with Gasteiger partial charge in [0.1, 0.15) is 0 Å². The fraction of sp³-hybridized carbons (Fsp3) is 0.190. The molecule has 0 unspecified atom stereocenters. The van der Waals surface area contributed by atoms with E-state index in [9.17, 15) is 9.59 Å². The summed E-state index contributed by atoms with van der Waals surface area (Å²) in [7, 11) is 0. The van der Waals surface area contributed by atoms with Crippen LogP contribution in [0.3, 0.4) is 0 Å². The van der Waals surface area contributed by atoms with E-state index in [-0.39, 0.29) is 18.4 Å². The van der Waals surface area contributed by atoms with Crippen LogP contribution in [0.2, 0.25) is 5.02 Å². The Morgan fingerprint density at radius 3 is 2.72 bits per heavy atom. The number of anilines is 3. The maximum Gasteiger partial charge on any atom is 0.325 e. The summed E-state index contributed by atoms with van der Waals surface area (Å²) in [6.45, 7) is 2.05. The van der Waals surface area contributed by atoms with Crippen molar-refractivity contribution in [3.63, 3.8) is 0 Å². The average molecular weight is 427 g/mol. The number of hydrogen-bond donors (Lipinski definition) is 2. The van der Waals surface area contributed by atoms with Gasteiger partial charge in [0.05, 0.1) is 12.1 Å². The van der Waals surface area contributed by atoms with E-state index >= 15 is 0 Å². The van der Waals surface area contributed by atoms with E-state index < -0.39 is 6.03 Å². The van der Waals surface area contributed by atoms with Gasteiger partial charge in [0.25, 0.3) is 0 Å². The molecule has 0 bridgehead atoms. The normalized spacial score (nSPS) is 15.1. The van der Waals surface area contributed by atoms with Crippen molar-refractivity contribution in [3.8, 4) is 0 Å². The van der Waals surface area contributed by atoms with Crippen LogP contribution < -0.4 is 15.5 Å². The van der Waals surface area contributed by atoms with Crippen molar-refractivity contribution < 1.29 is 9.59 Å². The minimum atomic E-state index is -0.401. The number of halogens is 1. The molecule has 4 rings (SSSR count). The summed E-state index contributed by atoms with van der Waals surface area (Å²) in [6.07, 6.45) is 1.05. The van der Waals surface area contributed by atoms with Gasteiger partial charge < -0.3 is 10.2 Å².